The molecule has 0 radical (unpaired) electrons. The van der Waals surface area contributed by atoms with Gasteiger partial charge in [0.1, 0.15) is 11.9 Å². The van der Waals surface area contributed by atoms with Crippen molar-refractivity contribution in [2.75, 3.05) is 65.9 Å². The number of hydrogen-bond donors (Lipinski definition) is 3. The lowest BCUT2D eigenvalue weighted by atomic mass is 9.97. The summed E-state index contributed by atoms with van der Waals surface area (Å²) < 4.78 is 26.9. The molecule has 206 valence electrons. The van der Waals surface area contributed by atoms with E-state index in [0.717, 1.165) is 25.7 Å². The van der Waals surface area contributed by atoms with E-state index in [1.807, 2.05) is 13.8 Å². The second kappa shape index (κ2) is 24.3. The van der Waals surface area contributed by atoms with Crippen LogP contribution in [0.4, 0.5) is 4.79 Å². The Kier molecular flexibility index (Phi) is 23.3. The number of Topliss-reactive ketones (excluding diaryl/α,β-unsaturated/α-hetero) is 1. The highest BCUT2D eigenvalue weighted by molar-refractivity contribution is 7.80. The van der Waals surface area contributed by atoms with Crippen molar-refractivity contribution in [1.29, 1.82) is 0 Å². The number of ether oxygens (including phenoxy) is 5. The summed E-state index contributed by atoms with van der Waals surface area (Å²) in [7, 11) is 0. The third-order valence-corrected chi connectivity index (χ3v) is 5.34. The molecule has 0 spiro atoms. The number of nitrogens with one attached hydrogen (secondary N) is 2. The van der Waals surface area contributed by atoms with Gasteiger partial charge in [-0.05, 0) is 32.6 Å². The molecule has 10 nitrogen and oxygen atoms in total. The van der Waals surface area contributed by atoms with Crippen LogP contribution in [-0.4, -0.2) is 95.1 Å². The fourth-order valence-corrected chi connectivity index (χ4v) is 3.28. The molecule has 0 unspecified atom stereocenters. The summed E-state index contributed by atoms with van der Waals surface area (Å²) in [4.78, 5) is 33.9. The zero-order valence-corrected chi connectivity index (χ0v) is 22.6. The summed E-state index contributed by atoms with van der Waals surface area (Å²) in [5.41, 5.74) is 0. The lowest BCUT2D eigenvalue weighted by Gasteiger charge is -2.25. The van der Waals surface area contributed by atoms with Gasteiger partial charge in [0, 0.05) is 31.2 Å². The highest BCUT2D eigenvalue weighted by atomic mass is 32.1. The van der Waals surface area contributed by atoms with E-state index in [2.05, 4.69) is 23.3 Å². The number of rotatable bonds is 19. The molecule has 0 aliphatic heterocycles. The molecule has 2 amide bonds. The Balaban J connectivity index is 0.00000562. The van der Waals surface area contributed by atoms with Crippen LogP contribution in [0.3, 0.4) is 0 Å². The predicted molar refractivity (Wildman–Crippen MR) is 137 cm³/mol. The maximum atomic E-state index is 11.7. The standard InChI is InChI=1S/C22H40N2O8S.C2H6/c1-18(25)2-7-21(26)23-8-10-28-12-14-30-16-17-31-15-13-29-11-9-24-22(27)32-19-3-5-20(33)6-4-19;1-2/h19-20,33H,2-17H2,1H3,(H,23,26)(H,24,27);1-2H3. The zero-order valence-electron chi connectivity index (χ0n) is 21.7. The molecule has 0 bridgehead atoms. The number of amides is 2. The third-order valence-electron chi connectivity index (χ3n) is 4.82. The van der Waals surface area contributed by atoms with Crippen LogP contribution in [0.1, 0.15) is 59.3 Å². The minimum Gasteiger partial charge on any atom is -0.446 e. The zero-order chi connectivity index (χ0) is 26.2. The van der Waals surface area contributed by atoms with Crippen molar-refractivity contribution < 1.29 is 38.1 Å². The Bertz CT molecular complexity index is 546. The summed E-state index contributed by atoms with van der Waals surface area (Å²) in [6.45, 7) is 9.72. The molecule has 0 saturated heterocycles. The number of ketones is 1. The van der Waals surface area contributed by atoms with Gasteiger partial charge >= 0.3 is 6.09 Å². The van der Waals surface area contributed by atoms with Crippen LogP contribution in [0.5, 0.6) is 0 Å². The van der Waals surface area contributed by atoms with Gasteiger partial charge in [0.25, 0.3) is 0 Å². The van der Waals surface area contributed by atoms with E-state index in [-0.39, 0.29) is 30.6 Å². The molecular formula is C24H46N2O8S. The number of hydrogen-bond acceptors (Lipinski definition) is 9. The van der Waals surface area contributed by atoms with Gasteiger partial charge < -0.3 is 39.1 Å². The summed E-state index contributed by atoms with van der Waals surface area (Å²) in [5.74, 6) is -0.143. The van der Waals surface area contributed by atoms with Crippen molar-refractivity contribution in [1.82, 2.24) is 10.6 Å². The molecule has 2 N–H and O–H groups in total. The molecule has 35 heavy (non-hydrogen) atoms. The van der Waals surface area contributed by atoms with E-state index in [1.54, 1.807) is 0 Å². The van der Waals surface area contributed by atoms with Crippen molar-refractivity contribution in [3.05, 3.63) is 0 Å². The minimum absolute atomic E-state index is 0.00350. The first-order valence-electron chi connectivity index (χ1n) is 12.7. The first-order chi connectivity index (χ1) is 17.0. The van der Waals surface area contributed by atoms with Crippen LogP contribution in [0.2, 0.25) is 0 Å². The van der Waals surface area contributed by atoms with Gasteiger partial charge in [0.05, 0.1) is 52.9 Å². The topological polar surface area (TPSA) is 121 Å². The normalized spacial score (nSPS) is 17.1. The van der Waals surface area contributed by atoms with Crippen LogP contribution in [0.15, 0.2) is 0 Å². The van der Waals surface area contributed by atoms with Crippen LogP contribution < -0.4 is 10.6 Å². The molecule has 0 aromatic heterocycles. The highest BCUT2D eigenvalue weighted by Gasteiger charge is 2.21. The van der Waals surface area contributed by atoms with Gasteiger partial charge in [-0.1, -0.05) is 13.8 Å². The maximum absolute atomic E-state index is 11.7. The van der Waals surface area contributed by atoms with Gasteiger partial charge in [-0.25, -0.2) is 4.79 Å². The number of alkyl carbamates (subject to hydrolysis) is 1. The summed E-state index contributed by atoms with van der Waals surface area (Å²) in [6.07, 6.45) is 3.78. The highest BCUT2D eigenvalue weighted by Crippen LogP contribution is 2.24. The first kappa shape index (κ1) is 33.6. The largest absolute Gasteiger partial charge is 0.446 e. The molecular weight excluding hydrogens is 476 g/mol. The average Bonchev–Trinajstić information content (AvgIpc) is 2.85. The molecule has 1 aliphatic rings. The van der Waals surface area contributed by atoms with Crippen LogP contribution >= 0.6 is 12.6 Å². The Morgan fingerprint density at radius 2 is 1.17 bits per heavy atom. The number of thiol groups is 1. The summed E-state index contributed by atoms with van der Waals surface area (Å²) in [6, 6.07) is 0. The maximum Gasteiger partial charge on any atom is 0.407 e. The molecule has 1 fully saturated rings. The van der Waals surface area contributed by atoms with Crippen LogP contribution in [0, 0.1) is 0 Å². The van der Waals surface area contributed by atoms with E-state index in [0.29, 0.717) is 71.2 Å². The molecule has 0 heterocycles. The molecule has 11 heteroatoms. The number of carbonyl (C=O) groups is 3. The molecule has 0 aromatic carbocycles. The van der Waals surface area contributed by atoms with E-state index in [4.69, 9.17) is 23.7 Å². The molecule has 1 rings (SSSR count). The van der Waals surface area contributed by atoms with E-state index in [1.165, 1.54) is 6.92 Å². The molecule has 0 aromatic rings. The van der Waals surface area contributed by atoms with Gasteiger partial charge in [-0.2, -0.15) is 12.6 Å². The van der Waals surface area contributed by atoms with Crippen molar-refractivity contribution in [3.8, 4) is 0 Å². The van der Waals surface area contributed by atoms with Crippen molar-refractivity contribution in [2.45, 2.75) is 70.7 Å². The van der Waals surface area contributed by atoms with Crippen molar-refractivity contribution in [2.24, 2.45) is 0 Å². The van der Waals surface area contributed by atoms with E-state index < -0.39 is 6.09 Å². The lowest BCUT2D eigenvalue weighted by molar-refractivity contribution is -0.124. The quantitative estimate of drug-likeness (QED) is 0.175. The van der Waals surface area contributed by atoms with Gasteiger partial charge in [-0.15, -0.1) is 0 Å². The smallest absolute Gasteiger partial charge is 0.407 e. The lowest BCUT2D eigenvalue weighted by Crippen LogP contribution is -2.33. The molecule has 1 saturated carbocycles. The minimum atomic E-state index is -0.395. The van der Waals surface area contributed by atoms with E-state index in [9.17, 15) is 14.4 Å². The van der Waals surface area contributed by atoms with Crippen molar-refractivity contribution >= 4 is 30.4 Å². The van der Waals surface area contributed by atoms with Crippen molar-refractivity contribution in [3.63, 3.8) is 0 Å². The number of carbonyl (C=O) groups excluding carboxylic acids is 3. The Labute approximate surface area is 215 Å². The predicted octanol–water partition coefficient (Wildman–Crippen LogP) is 2.53. The molecule has 0 atom stereocenters. The fourth-order valence-electron chi connectivity index (χ4n) is 2.98. The average molecular weight is 523 g/mol. The van der Waals surface area contributed by atoms with Gasteiger partial charge in [-0.3, -0.25) is 4.79 Å². The SMILES string of the molecule is CC.CC(=O)CCC(=O)NCCOCCOCCOCCOCCNC(=O)OC1CCC(S)CC1. The Morgan fingerprint density at radius 1 is 0.714 bits per heavy atom. The van der Waals surface area contributed by atoms with Crippen LogP contribution in [-0.2, 0) is 33.3 Å². The molecule has 1 aliphatic carbocycles. The monoisotopic (exact) mass is 522 g/mol. The van der Waals surface area contributed by atoms with Crippen LogP contribution in [0.25, 0.3) is 0 Å². The Morgan fingerprint density at radius 3 is 1.66 bits per heavy atom. The van der Waals surface area contributed by atoms with Gasteiger partial charge in [0.15, 0.2) is 0 Å². The fraction of sp³-hybridized carbons (Fsp3) is 0.875. The second-order valence-corrected chi connectivity index (χ2v) is 8.49. The Hall–Kier alpha value is -1.40. The summed E-state index contributed by atoms with van der Waals surface area (Å²) >= 11 is 4.43. The third kappa shape index (κ3) is 22.8. The van der Waals surface area contributed by atoms with Gasteiger partial charge in [0.2, 0.25) is 5.91 Å². The first-order valence-corrected chi connectivity index (χ1v) is 13.2. The summed E-state index contributed by atoms with van der Waals surface area (Å²) in [5, 5.41) is 5.80. The van der Waals surface area contributed by atoms with E-state index >= 15 is 0 Å². The second-order valence-electron chi connectivity index (χ2n) is 7.76.